The molecule has 0 amide bonds. The van der Waals surface area contributed by atoms with Crippen molar-refractivity contribution in [2.45, 2.75) is 51.9 Å². The van der Waals surface area contributed by atoms with Crippen molar-refractivity contribution in [2.75, 3.05) is 6.54 Å². The number of fused-ring (bicyclic) bond motifs is 1. The summed E-state index contributed by atoms with van der Waals surface area (Å²) in [7, 11) is -3.58. The van der Waals surface area contributed by atoms with Gasteiger partial charge in [0.25, 0.3) is 10.2 Å². The van der Waals surface area contributed by atoms with Crippen LogP contribution in [0.5, 0.6) is 0 Å². The molecule has 6 heteroatoms. The average molecular weight is 488 g/mol. The zero-order valence-corrected chi connectivity index (χ0v) is 21.4. The Labute approximate surface area is 208 Å². The lowest BCUT2D eigenvalue weighted by Gasteiger charge is -2.30. The Kier molecular flexibility index (Phi) is 6.30. The molecular weight excluding hydrogens is 454 g/mol. The van der Waals surface area contributed by atoms with E-state index in [1.54, 1.807) is 8.61 Å². The third kappa shape index (κ3) is 4.79. The van der Waals surface area contributed by atoms with Gasteiger partial charge in [-0.3, -0.25) is 0 Å². The van der Waals surface area contributed by atoms with E-state index < -0.39 is 15.7 Å². The molecule has 1 fully saturated rings. The summed E-state index contributed by atoms with van der Waals surface area (Å²) in [6, 6.07) is 28.7. The topological polar surface area (TPSA) is 45.5 Å². The van der Waals surface area contributed by atoms with Gasteiger partial charge in [-0.2, -0.15) is 17.0 Å². The smallest absolute Gasteiger partial charge is 0.283 e. The quantitative estimate of drug-likeness (QED) is 0.362. The Morgan fingerprint density at radius 2 is 1.43 bits per heavy atom. The highest BCUT2D eigenvalue weighted by Crippen LogP contribution is 2.34. The van der Waals surface area contributed by atoms with Crippen LogP contribution in [0.15, 0.2) is 91.1 Å². The van der Waals surface area contributed by atoms with Crippen LogP contribution < -0.4 is 0 Å². The Hall–Kier alpha value is -2.93. The van der Waals surface area contributed by atoms with E-state index in [1.807, 2.05) is 57.2 Å². The summed E-state index contributed by atoms with van der Waals surface area (Å²) in [5, 5.41) is 1.19. The molecule has 0 aliphatic carbocycles. The molecule has 5 rings (SSSR count). The van der Waals surface area contributed by atoms with E-state index in [0.29, 0.717) is 19.5 Å². The first-order chi connectivity index (χ1) is 16.7. The second-order valence-electron chi connectivity index (χ2n) is 10.4. The number of benzene rings is 3. The highest BCUT2D eigenvalue weighted by atomic mass is 32.2. The molecule has 0 N–H and O–H groups in total. The Morgan fingerprint density at radius 1 is 0.800 bits per heavy atom. The molecule has 1 atom stereocenters. The molecule has 0 radical (unpaired) electrons. The van der Waals surface area contributed by atoms with Gasteiger partial charge in [-0.25, -0.2) is 0 Å². The minimum atomic E-state index is -3.58. The molecule has 4 aromatic rings. The SMILES string of the molecule is CC(C)(C)N1C[C@H](Cc2cccc3c2ccn3Cc2ccccc2)N(Cc2ccccc2)S1(=O)=O. The summed E-state index contributed by atoms with van der Waals surface area (Å²) < 4.78 is 33.0. The maximum atomic E-state index is 13.7. The predicted molar refractivity (Wildman–Crippen MR) is 142 cm³/mol. The zero-order valence-electron chi connectivity index (χ0n) is 20.6. The van der Waals surface area contributed by atoms with Gasteiger partial charge < -0.3 is 4.57 Å². The summed E-state index contributed by atoms with van der Waals surface area (Å²) in [5.74, 6) is 0. The van der Waals surface area contributed by atoms with Crippen LogP contribution in [0.4, 0.5) is 0 Å². The molecule has 3 aromatic carbocycles. The third-order valence-electron chi connectivity index (χ3n) is 6.84. The highest BCUT2D eigenvalue weighted by molar-refractivity contribution is 7.87. The molecule has 1 aromatic heterocycles. The fraction of sp³-hybridized carbons (Fsp3) is 0.310. The van der Waals surface area contributed by atoms with Gasteiger partial charge >= 0.3 is 0 Å². The van der Waals surface area contributed by atoms with E-state index in [2.05, 4.69) is 59.3 Å². The van der Waals surface area contributed by atoms with E-state index in [-0.39, 0.29) is 6.04 Å². The van der Waals surface area contributed by atoms with Crippen LogP contribution in [0, 0.1) is 0 Å². The fourth-order valence-electron chi connectivity index (χ4n) is 5.09. The van der Waals surface area contributed by atoms with E-state index >= 15 is 0 Å². The van der Waals surface area contributed by atoms with Crippen molar-refractivity contribution in [3.05, 3.63) is 108 Å². The molecule has 35 heavy (non-hydrogen) atoms. The number of nitrogens with zero attached hydrogens (tertiary/aromatic N) is 3. The number of aromatic nitrogens is 1. The van der Waals surface area contributed by atoms with Crippen molar-refractivity contribution < 1.29 is 8.42 Å². The van der Waals surface area contributed by atoms with Gasteiger partial charge in [0.15, 0.2) is 0 Å². The summed E-state index contributed by atoms with van der Waals surface area (Å²) in [5.41, 5.74) is 4.14. The number of hydrogen-bond acceptors (Lipinski definition) is 2. The van der Waals surface area contributed by atoms with Crippen LogP contribution >= 0.6 is 0 Å². The lowest BCUT2D eigenvalue weighted by atomic mass is 10.0. The fourth-order valence-corrected chi connectivity index (χ4v) is 7.22. The molecule has 0 bridgehead atoms. The van der Waals surface area contributed by atoms with Crippen LogP contribution in [0.3, 0.4) is 0 Å². The second kappa shape index (κ2) is 9.26. The normalized spacial score (nSPS) is 18.9. The van der Waals surface area contributed by atoms with Crippen molar-refractivity contribution >= 4 is 21.1 Å². The Bertz CT molecular complexity index is 1410. The van der Waals surface area contributed by atoms with Gasteiger partial charge in [-0.05, 0) is 56.0 Å². The first-order valence-corrected chi connectivity index (χ1v) is 13.6. The van der Waals surface area contributed by atoms with E-state index in [0.717, 1.165) is 12.1 Å². The maximum Gasteiger partial charge on any atom is 0.283 e. The van der Waals surface area contributed by atoms with Crippen LogP contribution in [-0.4, -0.2) is 39.7 Å². The highest BCUT2D eigenvalue weighted by Gasteiger charge is 2.48. The number of rotatable bonds is 6. The summed E-state index contributed by atoms with van der Waals surface area (Å²) in [6.07, 6.45) is 2.81. The predicted octanol–water partition coefficient (Wildman–Crippen LogP) is 5.46. The van der Waals surface area contributed by atoms with Crippen molar-refractivity contribution in [2.24, 2.45) is 0 Å². The van der Waals surface area contributed by atoms with Gasteiger partial charge in [-0.15, -0.1) is 0 Å². The molecular formula is C29H33N3O2S. The minimum absolute atomic E-state index is 0.137. The van der Waals surface area contributed by atoms with Crippen molar-refractivity contribution in [3.8, 4) is 0 Å². The summed E-state index contributed by atoms with van der Waals surface area (Å²) in [6.45, 7) is 7.59. The monoisotopic (exact) mass is 487 g/mol. The maximum absolute atomic E-state index is 13.7. The van der Waals surface area contributed by atoms with Crippen molar-refractivity contribution in [1.29, 1.82) is 0 Å². The van der Waals surface area contributed by atoms with E-state index in [1.165, 1.54) is 22.0 Å². The lowest BCUT2D eigenvalue weighted by molar-refractivity contribution is 0.253. The Morgan fingerprint density at radius 3 is 2.06 bits per heavy atom. The molecule has 0 unspecified atom stereocenters. The van der Waals surface area contributed by atoms with Gasteiger partial charge in [0.1, 0.15) is 0 Å². The molecule has 5 nitrogen and oxygen atoms in total. The first-order valence-electron chi connectivity index (χ1n) is 12.2. The van der Waals surface area contributed by atoms with E-state index in [4.69, 9.17) is 0 Å². The molecule has 182 valence electrons. The zero-order chi connectivity index (χ0) is 24.6. The summed E-state index contributed by atoms with van der Waals surface area (Å²) >= 11 is 0. The molecule has 1 aliphatic rings. The molecule has 0 saturated carbocycles. The van der Waals surface area contributed by atoms with Crippen LogP contribution in [0.1, 0.15) is 37.5 Å². The van der Waals surface area contributed by atoms with Crippen LogP contribution in [-0.2, 0) is 29.7 Å². The van der Waals surface area contributed by atoms with Gasteiger partial charge in [0.2, 0.25) is 0 Å². The Balaban J connectivity index is 1.48. The largest absolute Gasteiger partial charge is 0.343 e. The lowest BCUT2D eigenvalue weighted by Crippen LogP contribution is -2.44. The molecule has 0 spiro atoms. The molecule has 2 heterocycles. The molecule has 1 aliphatic heterocycles. The molecule has 1 saturated heterocycles. The van der Waals surface area contributed by atoms with Gasteiger partial charge in [-0.1, -0.05) is 72.8 Å². The first kappa shape index (κ1) is 23.8. The minimum Gasteiger partial charge on any atom is -0.343 e. The van der Waals surface area contributed by atoms with Gasteiger partial charge in [0.05, 0.1) is 0 Å². The van der Waals surface area contributed by atoms with Gasteiger partial charge in [0, 0.05) is 48.3 Å². The van der Waals surface area contributed by atoms with Crippen LogP contribution in [0.25, 0.3) is 10.9 Å². The van der Waals surface area contributed by atoms with E-state index in [9.17, 15) is 8.42 Å². The summed E-state index contributed by atoms with van der Waals surface area (Å²) in [4.78, 5) is 0. The average Bonchev–Trinajstić information content (AvgIpc) is 3.34. The van der Waals surface area contributed by atoms with Crippen molar-refractivity contribution in [1.82, 2.24) is 13.2 Å². The van der Waals surface area contributed by atoms with Crippen molar-refractivity contribution in [3.63, 3.8) is 0 Å². The second-order valence-corrected chi connectivity index (χ2v) is 12.2. The third-order valence-corrected chi connectivity index (χ3v) is 9.12. The number of hydrogen-bond donors (Lipinski definition) is 0. The van der Waals surface area contributed by atoms with Crippen LogP contribution in [0.2, 0.25) is 0 Å². The standard InChI is InChI=1S/C29H33N3O2S/c1-29(2,3)32-22-26(31(35(32,33)34)21-24-13-8-5-9-14-24)19-25-15-10-16-28-27(25)17-18-30(28)20-23-11-6-4-7-12-23/h4-18,26H,19-22H2,1-3H3/t26-/m0/s1.